The lowest BCUT2D eigenvalue weighted by atomic mass is 9.92. The number of ether oxygens (including phenoxy) is 1. The molecule has 2 aromatic carbocycles. The number of hydrogen-bond donors (Lipinski definition) is 4. The number of hydrogen-bond acceptors (Lipinski definition) is 6. The molecule has 0 spiro atoms. The van der Waals surface area contributed by atoms with Crippen molar-refractivity contribution in [1.82, 2.24) is 10.8 Å². The van der Waals surface area contributed by atoms with Gasteiger partial charge in [-0.05, 0) is 54.8 Å². The number of nitrogens with one attached hydrogen (secondary N) is 2. The molecule has 0 radical (unpaired) electrons. The summed E-state index contributed by atoms with van der Waals surface area (Å²) in [7, 11) is 1.54. The Morgan fingerprint density at radius 2 is 1.93 bits per heavy atom. The van der Waals surface area contributed by atoms with Crippen molar-refractivity contribution in [3.8, 4) is 11.8 Å². The highest BCUT2D eigenvalue weighted by Crippen LogP contribution is 2.19. The predicted molar refractivity (Wildman–Crippen MR) is 104 cm³/mol. The van der Waals surface area contributed by atoms with E-state index >= 15 is 0 Å². The highest BCUT2D eigenvalue weighted by Gasteiger charge is 2.24. The summed E-state index contributed by atoms with van der Waals surface area (Å²) in [6.45, 7) is -0.380. The van der Waals surface area contributed by atoms with Crippen molar-refractivity contribution >= 4 is 11.8 Å². The first-order chi connectivity index (χ1) is 14.0. The van der Waals surface area contributed by atoms with Gasteiger partial charge >= 0.3 is 0 Å². The molecule has 8 nitrogen and oxygen atoms in total. The molecule has 2 atom stereocenters. The van der Waals surface area contributed by atoms with Gasteiger partial charge in [-0.3, -0.25) is 14.8 Å². The topological polar surface area (TPSA) is 132 Å². The van der Waals surface area contributed by atoms with Gasteiger partial charge in [-0.2, -0.15) is 5.26 Å². The van der Waals surface area contributed by atoms with Crippen LogP contribution in [0.15, 0.2) is 48.5 Å². The van der Waals surface area contributed by atoms with E-state index < -0.39 is 23.8 Å². The lowest BCUT2D eigenvalue weighted by Gasteiger charge is -2.22. The zero-order valence-electron chi connectivity index (χ0n) is 16.0. The molecule has 0 saturated heterocycles. The highest BCUT2D eigenvalue weighted by molar-refractivity contribution is 5.94. The van der Waals surface area contributed by atoms with Gasteiger partial charge in [-0.15, -0.1) is 0 Å². The minimum Gasteiger partial charge on any atom is -0.497 e. The Balaban J connectivity index is 2.09. The van der Waals surface area contributed by atoms with E-state index in [2.05, 4.69) is 5.32 Å². The Kier molecular flexibility index (Phi) is 8.15. The van der Waals surface area contributed by atoms with E-state index in [4.69, 9.17) is 15.2 Å². The number of nitrogens with zero attached hydrogens (tertiary/aromatic N) is 1. The summed E-state index contributed by atoms with van der Waals surface area (Å²) in [6, 6.07) is 14.5. The Labute approximate surface area is 168 Å². The Bertz CT molecular complexity index is 877. The molecule has 0 bridgehead atoms. The minimum absolute atomic E-state index is 0.113. The zero-order valence-corrected chi connectivity index (χ0v) is 16.0. The molecule has 2 rings (SSSR count). The number of benzene rings is 2. The first-order valence-corrected chi connectivity index (χ1v) is 8.99. The maximum atomic E-state index is 12.4. The molecular weight excluding hydrogens is 374 g/mol. The fourth-order valence-electron chi connectivity index (χ4n) is 2.95. The van der Waals surface area contributed by atoms with Crippen molar-refractivity contribution in [3.05, 3.63) is 65.2 Å². The summed E-state index contributed by atoms with van der Waals surface area (Å²) >= 11 is 0. The van der Waals surface area contributed by atoms with Crippen LogP contribution in [0.3, 0.4) is 0 Å². The van der Waals surface area contributed by atoms with E-state index in [0.29, 0.717) is 16.9 Å². The normalized spacial score (nSPS) is 12.3. The van der Waals surface area contributed by atoms with Crippen LogP contribution in [-0.4, -0.2) is 41.9 Å². The van der Waals surface area contributed by atoms with Crippen LogP contribution in [0, 0.1) is 17.2 Å². The number of rotatable bonds is 9. The van der Waals surface area contributed by atoms with E-state index in [1.165, 1.54) is 31.4 Å². The maximum Gasteiger partial charge on any atom is 0.251 e. The molecule has 8 heteroatoms. The molecule has 2 aromatic rings. The van der Waals surface area contributed by atoms with E-state index in [-0.39, 0.29) is 19.4 Å². The van der Waals surface area contributed by atoms with Gasteiger partial charge in [0.15, 0.2) is 0 Å². The molecule has 0 aliphatic rings. The van der Waals surface area contributed by atoms with E-state index in [0.717, 1.165) is 5.56 Å². The van der Waals surface area contributed by atoms with E-state index in [9.17, 15) is 14.7 Å². The average Bonchev–Trinajstić information content (AvgIpc) is 2.77. The third-order valence-electron chi connectivity index (χ3n) is 4.50. The molecule has 0 aliphatic carbocycles. The standard InChI is InChI=1S/C21H23N3O5/c1-29-19-4-2-3-15(10-19)9-17(21(27)24-28)11-18(13-25)23-20(26)16-7-5-14(12-22)6-8-16/h2-8,10,17-18,25,28H,9,11,13H2,1H3,(H,23,26)(H,24,27)/t17-,18-/m0/s1. The number of aliphatic hydroxyl groups excluding tert-OH is 1. The molecule has 0 fully saturated rings. The van der Waals surface area contributed by atoms with E-state index in [1.54, 1.807) is 23.7 Å². The molecule has 0 unspecified atom stereocenters. The third-order valence-corrected chi connectivity index (χ3v) is 4.50. The fourth-order valence-corrected chi connectivity index (χ4v) is 2.95. The first kappa shape index (κ1) is 21.9. The zero-order chi connectivity index (χ0) is 21.2. The summed E-state index contributed by atoms with van der Waals surface area (Å²) in [5, 5.41) is 30.3. The SMILES string of the molecule is COc1cccc(C[C@@H](C[C@@H](CO)NC(=O)c2ccc(C#N)cc2)C(=O)NO)c1. The van der Waals surface area contributed by atoms with Gasteiger partial charge < -0.3 is 15.2 Å². The molecule has 152 valence electrons. The Morgan fingerprint density at radius 3 is 2.52 bits per heavy atom. The summed E-state index contributed by atoms with van der Waals surface area (Å²) in [6.07, 6.45) is 0.398. The number of aliphatic hydroxyl groups is 1. The van der Waals surface area contributed by atoms with Crippen molar-refractivity contribution in [2.45, 2.75) is 18.9 Å². The monoisotopic (exact) mass is 397 g/mol. The van der Waals surface area contributed by atoms with Crippen molar-refractivity contribution in [1.29, 1.82) is 5.26 Å². The molecule has 2 amide bonds. The van der Waals surface area contributed by atoms with Crippen molar-refractivity contribution in [2.75, 3.05) is 13.7 Å². The summed E-state index contributed by atoms with van der Waals surface area (Å²) in [5.74, 6) is -1.10. The number of methoxy groups -OCH3 is 1. The third kappa shape index (κ3) is 6.31. The minimum atomic E-state index is -0.703. The lowest BCUT2D eigenvalue weighted by Crippen LogP contribution is -2.42. The second kappa shape index (κ2) is 10.8. The Morgan fingerprint density at radius 1 is 1.21 bits per heavy atom. The van der Waals surface area contributed by atoms with Crippen molar-refractivity contribution < 1.29 is 24.6 Å². The summed E-state index contributed by atoms with van der Waals surface area (Å²) in [5.41, 5.74) is 3.22. The molecule has 0 saturated carbocycles. The van der Waals surface area contributed by atoms with Gasteiger partial charge in [-0.25, -0.2) is 5.48 Å². The van der Waals surface area contributed by atoms with Gasteiger partial charge in [0.1, 0.15) is 5.75 Å². The number of nitriles is 1. The van der Waals surface area contributed by atoms with Crippen LogP contribution in [0.1, 0.15) is 27.9 Å². The average molecular weight is 397 g/mol. The number of amides is 2. The lowest BCUT2D eigenvalue weighted by molar-refractivity contribution is -0.133. The first-order valence-electron chi connectivity index (χ1n) is 8.99. The molecule has 0 aliphatic heterocycles. The molecular formula is C21H23N3O5. The van der Waals surface area contributed by atoms with Gasteiger partial charge in [-0.1, -0.05) is 12.1 Å². The maximum absolute atomic E-state index is 12.4. The Hall–Kier alpha value is -3.41. The predicted octanol–water partition coefficient (Wildman–Crippen LogP) is 1.41. The van der Waals surface area contributed by atoms with Crippen molar-refractivity contribution in [2.24, 2.45) is 5.92 Å². The molecule has 0 heterocycles. The van der Waals surface area contributed by atoms with Gasteiger partial charge in [0.25, 0.3) is 5.91 Å². The molecule has 4 N–H and O–H groups in total. The van der Waals surface area contributed by atoms with Gasteiger partial charge in [0, 0.05) is 11.5 Å². The highest BCUT2D eigenvalue weighted by atomic mass is 16.5. The number of hydroxylamine groups is 1. The van der Waals surface area contributed by atoms with Crippen LogP contribution in [0.2, 0.25) is 0 Å². The largest absolute Gasteiger partial charge is 0.497 e. The molecule has 0 aromatic heterocycles. The fraction of sp³-hybridized carbons (Fsp3) is 0.286. The smallest absolute Gasteiger partial charge is 0.251 e. The number of carbonyl (C=O) groups is 2. The van der Waals surface area contributed by atoms with Crippen LogP contribution in [0.4, 0.5) is 0 Å². The van der Waals surface area contributed by atoms with Gasteiger partial charge in [0.05, 0.1) is 31.4 Å². The van der Waals surface area contributed by atoms with Gasteiger partial charge in [0.2, 0.25) is 5.91 Å². The number of carbonyl (C=O) groups excluding carboxylic acids is 2. The van der Waals surface area contributed by atoms with Crippen LogP contribution >= 0.6 is 0 Å². The van der Waals surface area contributed by atoms with Crippen LogP contribution < -0.4 is 15.5 Å². The van der Waals surface area contributed by atoms with Crippen LogP contribution in [0.25, 0.3) is 0 Å². The second-order valence-electron chi connectivity index (χ2n) is 6.51. The van der Waals surface area contributed by atoms with E-state index in [1.807, 2.05) is 12.1 Å². The molecule has 29 heavy (non-hydrogen) atoms. The second-order valence-corrected chi connectivity index (χ2v) is 6.51. The van der Waals surface area contributed by atoms with Crippen LogP contribution in [0.5, 0.6) is 5.75 Å². The van der Waals surface area contributed by atoms with Crippen LogP contribution in [-0.2, 0) is 11.2 Å². The summed E-state index contributed by atoms with van der Waals surface area (Å²) < 4.78 is 5.18. The quantitative estimate of drug-likeness (QED) is 0.374. The van der Waals surface area contributed by atoms with Crippen molar-refractivity contribution in [3.63, 3.8) is 0 Å². The summed E-state index contributed by atoms with van der Waals surface area (Å²) in [4.78, 5) is 24.5.